The Hall–Kier alpha value is -1.87. The van der Waals surface area contributed by atoms with E-state index in [4.69, 9.17) is 7.48 Å². The summed E-state index contributed by atoms with van der Waals surface area (Å²) in [6.45, 7) is -1.91. The van der Waals surface area contributed by atoms with Gasteiger partial charge in [-0.2, -0.15) is 0 Å². The van der Waals surface area contributed by atoms with Crippen LogP contribution in [0.25, 0.3) is 5.69 Å². The van der Waals surface area contributed by atoms with Crippen LogP contribution in [0.15, 0.2) is 53.5 Å². The van der Waals surface area contributed by atoms with Crippen molar-refractivity contribution in [1.29, 1.82) is 0 Å². The van der Waals surface area contributed by atoms with Gasteiger partial charge in [-0.15, -0.1) is 0 Å². The van der Waals surface area contributed by atoms with E-state index in [0.29, 0.717) is 11.3 Å². The number of benzene rings is 1. The summed E-state index contributed by atoms with van der Waals surface area (Å²) in [5, 5.41) is 0. The van der Waals surface area contributed by atoms with Crippen LogP contribution in [0.2, 0.25) is 0 Å². The van der Waals surface area contributed by atoms with E-state index in [1.54, 1.807) is 12.1 Å². The molecule has 2 rings (SSSR count). The first-order chi connectivity index (χ1) is 8.54. The van der Waals surface area contributed by atoms with Gasteiger partial charge >= 0.3 is 0 Å². The zero-order valence-corrected chi connectivity index (χ0v) is 8.88. The van der Waals surface area contributed by atoms with Gasteiger partial charge in [0.1, 0.15) is 0 Å². The minimum absolute atomic E-state index is 0.211. The van der Waals surface area contributed by atoms with Gasteiger partial charge in [0.2, 0.25) is 0 Å². The summed E-state index contributed by atoms with van der Waals surface area (Å²) in [5.41, 5.74) is 0.779. The Morgan fingerprint density at radius 1 is 1.25 bits per heavy atom. The van der Waals surface area contributed by atoms with Crippen molar-refractivity contribution in [2.75, 3.05) is 7.11 Å². The first-order valence-electron chi connectivity index (χ1n) is 5.88. The van der Waals surface area contributed by atoms with Gasteiger partial charge < -0.3 is 4.74 Å². The van der Waals surface area contributed by atoms with E-state index in [0.717, 1.165) is 0 Å². The summed E-state index contributed by atoms with van der Waals surface area (Å²) >= 11 is 0. The molecule has 82 valence electrons. The highest BCUT2D eigenvalue weighted by atomic mass is 16.5. The van der Waals surface area contributed by atoms with Gasteiger partial charge in [0.05, 0.1) is 9.30 Å². The molecule has 0 radical (unpaired) electrons. The van der Waals surface area contributed by atoms with E-state index >= 15 is 0 Å². The molecule has 0 fully saturated rings. The maximum atomic E-state index is 11.8. The predicted octanol–water partition coefficient (Wildman–Crippen LogP) is 1.98. The molecule has 0 saturated heterocycles. The number of methoxy groups -OCH3 is 1. The molecular formula is C13H13NO2. The monoisotopic (exact) mass is 217 g/mol. The molecule has 0 unspecified atom stereocenters. The third kappa shape index (κ3) is 2.20. The maximum absolute atomic E-state index is 11.8. The minimum Gasteiger partial charge on any atom is -0.380 e. The molecule has 0 atom stereocenters. The highest BCUT2D eigenvalue weighted by molar-refractivity contribution is 5.32. The van der Waals surface area contributed by atoms with Gasteiger partial charge in [-0.3, -0.25) is 9.36 Å². The zero-order valence-electron chi connectivity index (χ0n) is 10.9. The quantitative estimate of drug-likeness (QED) is 0.787. The molecule has 0 bridgehead atoms. The van der Waals surface area contributed by atoms with Gasteiger partial charge in [-0.1, -0.05) is 18.2 Å². The average Bonchev–Trinajstić information content (AvgIpc) is 2.40. The van der Waals surface area contributed by atoms with Crippen LogP contribution in [0.4, 0.5) is 0 Å². The first kappa shape index (κ1) is 8.30. The van der Waals surface area contributed by atoms with Crippen LogP contribution in [0.3, 0.4) is 0 Å². The summed E-state index contributed by atoms with van der Waals surface area (Å²) in [4.78, 5) is 11.8. The van der Waals surface area contributed by atoms with Crippen LogP contribution in [0, 0.1) is 0 Å². The van der Waals surface area contributed by atoms with Crippen LogP contribution in [-0.2, 0) is 11.3 Å². The molecule has 3 nitrogen and oxygen atoms in total. The highest BCUT2D eigenvalue weighted by Crippen LogP contribution is 2.06. The summed E-state index contributed by atoms with van der Waals surface area (Å²) in [6.07, 6.45) is 1.46. The number of para-hydroxylation sites is 1. The second-order valence-electron chi connectivity index (χ2n) is 3.27. The molecule has 0 aliphatic heterocycles. The number of nitrogens with zero attached hydrogens (tertiary/aromatic N) is 1. The topological polar surface area (TPSA) is 31.2 Å². The van der Waals surface area contributed by atoms with Crippen molar-refractivity contribution in [1.82, 2.24) is 4.57 Å². The van der Waals surface area contributed by atoms with Crippen molar-refractivity contribution in [3.63, 3.8) is 0 Å². The van der Waals surface area contributed by atoms with E-state index in [9.17, 15) is 4.79 Å². The van der Waals surface area contributed by atoms with E-state index in [-0.39, 0.29) is 5.56 Å². The maximum Gasteiger partial charge on any atom is 0.255 e. The van der Waals surface area contributed by atoms with Crippen LogP contribution >= 0.6 is 0 Å². The van der Waals surface area contributed by atoms with Crippen LogP contribution < -0.4 is 5.56 Å². The number of hydrogen-bond acceptors (Lipinski definition) is 2. The smallest absolute Gasteiger partial charge is 0.255 e. The predicted molar refractivity (Wildman–Crippen MR) is 62.8 cm³/mol. The molecule has 1 aromatic carbocycles. The Morgan fingerprint density at radius 2 is 2.00 bits per heavy atom. The SMILES string of the molecule is [2H]C([2H])(OC)c1ccc(=O)n(-c2ccccc2)c1. The van der Waals surface area contributed by atoms with Crippen molar-refractivity contribution >= 4 is 0 Å². The Morgan fingerprint density at radius 3 is 2.69 bits per heavy atom. The molecule has 0 amide bonds. The molecule has 0 aliphatic carbocycles. The number of ether oxygens (including phenoxy) is 1. The number of rotatable bonds is 3. The largest absolute Gasteiger partial charge is 0.380 e. The molecule has 2 aromatic rings. The summed E-state index contributed by atoms with van der Waals surface area (Å²) in [5.74, 6) is 0. The zero-order chi connectivity index (χ0) is 13.2. The summed E-state index contributed by atoms with van der Waals surface area (Å²) in [6, 6.07) is 11.8. The molecule has 0 spiro atoms. The highest BCUT2D eigenvalue weighted by Gasteiger charge is 2.00. The van der Waals surface area contributed by atoms with Gasteiger partial charge in [-0.05, 0) is 23.8 Å². The molecule has 0 aliphatic rings. The van der Waals surface area contributed by atoms with Gasteiger partial charge in [0.25, 0.3) is 5.56 Å². The van der Waals surface area contributed by atoms with E-state index in [2.05, 4.69) is 0 Å². The second kappa shape index (κ2) is 4.77. The standard InChI is InChI=1S/C13H13NO2/c1-16-10-11-7-8-13(15)14(9-11)12-5-3-2-4-6-12/h2-9H,10H2,1H3/i10D2. The molecule has 0 saturated carbocycles. The van der Waals surface area contributed by atoms with Crippen LogP contribution in [0.1, 0.15) is 8.30 Å². The van der Waals surface area contributed by atoms with Crippen molar-refractivity contribution < 1.29 is 7.48 Å². The molecule has 1 aromatic heterocycles. The third-order valence-corrected chi connectivity index (χ3v) is 2.17. The van der Waals surface area contributed by atoms with Crippen molar-refractivity contribution in [3.05, 3.63) is 64.6 Å². The number of hydrogen-bond donors (Lipinski definition) is 0. The third-order valence-electron chi connectivity index (χ3n) is 2.17. The molecule has 0 N–H and O–H groups in total. The Bertz CT molecular complexity index is 593. The van der Waals surface area contributed by atoms with Crippen molar-refractivity contribution in [2.24, 2.45) is 0 Å². The first-order valence-corrected chi connectivity index (χ1v) is 4.88. The van der Waals surface area contributed by atoms with Gasteiger partial charge in [-0.25, -0.2) is 0 Å². The Kier molecular flexibility index (Phi) is 2.47. The molecular weight excluding hydrogens is 202 g/mol. The lowest BCUT2D eigenvalue weighted by Crippen LogP contribution is -2.17. The lowest BCUT2D eigenvalue weighted by atomic mass is 10.2. The van der Waals surface area contributed by atoms with Gasteiger partial charge in [0, 0.05) is 25.1 Å². The number of pyridine rings is 1. The van der Waals surface area contributed by atoms with Gasteiger partial charge in [0.15, 0.2) is 0 Å². The molecule has 1 heterocycles. The minimum atomic E-state index is -1.91. The van der Waals surface area contributed by atoms with Crippen LogP contribution in [0.5, 0.6) is 0 Å². The second-order valence-corrected chi connectivity index (χ2v) is 3.27. The molecule has 3 heteroatoms. The Labute approximate surface area is 96.7 Å². The lowest BCUT2D eigenvalue weighted by molar-refractivity contribution is 0.184. The van der Waals surface area contributed by atoms with E-state index < -0.39 is 6.56 Å². The summed E-state index contributed by atoms with van der Waals surface area (Å²) in [7, 11) is 1.29. The Balaban J connectivity index is 2.56. The fourth-order valence-corrected chi connectivity index (χ4v) is 1.46. The molecule has 16 heavy (non-hydrogen) atoms. The fraction of sp³-hybridized carbons (Fsp3) is 0.154. The summed E-state index contributed by atoms with van der Waals surface area (Å²) < 4.78 is 21.5. The number of aromatic nitrogens is 1. The van der Waals surface area contributed by atoms with E-state index in [1.807, 2.05) is 18.2 Å². The normalized spacial score (nSPS) is 13.1. The van der Waals surface area contributed by atoms with E-state index in [1.165, 1.54) is 30.0 Å². The van der Waals surface area contributed by atoms with Crippen molar-refractivity contribution in [3.8, 4) is 5.69 Å². The van der Waals surface area contributed by atoms with Crippen molar-refractivity contribution in [2.45, 2.75) is 6.56 Å². The average molecular weight is 217 g/mol. The fourth-order valence-electron chi connectivity index (χ4n) is 1.46. The van der Waals surface area contributed by atoms with Crippen LogP contribution in [-0.4, -0.2) is 11.7 Å². The lowest BCUT2D eigenvalue weighted by Gasteiger charge is -2.07.